The first-order valence-electron chi connectivity index (χ1n) is 2.25. The molecular weight excluding hydrogens is 291 g/mol. The number of rotatable bonds is 3. The molecule has 0 radical (unpaired) electrons. The van der Waals surface area contributed by atoms with Crippen LogP contribution in [0.4, 0.5) is 0 Å². The molecule has 0 aliphatic rings. The standard InChI is InChI=1S/CH4Cl2O7S3/c2-12(7,8)13(3,9,10)1-11(4,5)6/h1H2,(H,9,10)(H,4,5,6). The van der Waals surface area contributed by atoms with Crippen LogP contribution in [0.15, 0.2) is 0 Å². The SMILES string of the molecule is O=S(=O)(O)CS(=O)(O)(Cl)S(=O)(=O)Cl. The normalized spacial score (nSPS) is 17.7. The molecule has 0 atom stereocenters. The Hall–Kier alpha value is 0.550. The van der Waals surface area contributed by atoms with E-state index >= 15 is 0 Å². The highest BCUT2D eigenvalue weighted by molar-refractivity contribution is 8.94. The fraction of sp³-hybridized carbons (Fsp3) is 1.00. The van der Waals surface area contributed by atoms with Gasteiger partial charge in [-0.25, -0.2) is 0 Å². The third-order valence-electron chi connectivity index (χ3n) is 0.729. The van der Waals surface area contributed by atoms with Gasteiger partial charge in [0.2, 0.25) is 0 Å². The Labute approximate surface area is 82.3 Å². The van der Waals surface area contributed by atoms with E-state index in [0.29, 0.717) is 0 Å². The van der Waals surface area contributed by atoms with Crippen LogP contribution in [0.5, 0.6) is 0 Å². The molecule has 0 aliphatic carbocycles. The zero-order valence-corrected chi connectivity index (χ0v) is 9.58. The minimum atomic E-state index is -6.13. The highest BCUT2D eigenvalue weighted by atomic mass is 35.8. The molecule has 2 N–H and O–H groups in total. The van der Waals surface area contributed by atoms with Crippen LogP contribution in [0.3, 0.4) is 0 Å². The Balaban J connectivity index is 5.59. The minimum absolute atomic E-state index is 2.07. The van der Waals surface area contributed by atoms with Crippen LogP contribution in [0.25, 0.3) is 0 Å². The lowest BCUT2D eigenvalue weighted by Crippen LogP contribution is -2.38. The van der Waals surface area contributed by atoms with Crippen molar-refractivity contribution in [3.05, 3.63) is 0 Å². The molecule has 0 amide bonds. The summed E-state index contributed by atoms with van der Waals surface area (Å²) >= 11 is 0. The molecule has 0 saturated carbocycles. The predicted molar refractivity (Wildman–Crippen MR) is 47.8 cm³/mol. The lowest BCUT2D eigenvalue weighted by Gasteiger charge is -2.29. The summed E-state index contributed by atoms with van der Waals surface area (Å²) in [5.74, 6) is 0. The van der Waals surface area contributed by atoms with Crippen LogP contribution in [0.1, 0.15) is 0 Å². The molecule has 0 fully saturated rings. The fourth-order valence-electron chi connectivity index (χ4n) is 0.302. The third kappa shape index (κ3) is 3.65. The zero-order valence-electron chi connectivity index (χ0n) is 5.62. The summed E-state index contributed by atoms with van der Waals surface area (Å²) in [4.78, 5) is 0. The van der Waals surface area contributed by atoms with Crippen molar-refractivity contribution in [2.75, 3.05) is 5.08 Å². The van der Waals surface area contributed by atoms with Crippen LogP contribution < -0.4 is 0 Å². The molecule has 0 saturated heterocycles. The molecule has 13 heavy (non-hydrogen) atoms. The van der Waals surface area contributed by atoms with Gasteiger partial charge in [-0.2, -0.15) is 21.0 Å². The third-order valence-corrected chi connectivity index (χ3v) is 12.6. The monoisotopic (exact) mass is 294 g/mol. The van der Waals surface area contributed by atoms with Crippen LogP contribution in [0.2, 0.25) is 0 Å². The first-order chi connectivity index (χ1) is 5.24. The maximum atomic E-state index is 10.9. The number of hydrogen-bond acceptors (Lipinski definition) is 5. The molecule has 0 aromatic rings. The molecule has 0 bridgehead atoms. The Morgan fingerprint density at radius 2 is 1.54 bits per heavy atom. The van der Waals surface area contributed by atoms with E-state index in [4.69, 9.17) is 9.11 Å². The van der Waals surface area contributed by atoms with Gasteiger partial charge in [0.15, 0.2) is 5.08 Å². The fourth-order valence-corrected chi connectivity index (χ4v) is 6.84. The average molecular weight is 295 g/mol. The van der Waals surface area contributed by atoms with Gasteiger partial charge < -0.3 is 0 Å². The van der Waals surface area contributed by atoms with Gasteiger partial charge in [0.25, 0.3) is 10.1 Å². The quantitative estimate of drug-likeness (QED) is 0.418. The molecule has 0 aliphatic heterocycles. The van der Waals surface area contributed by atoms with Gasteiger partial charge in [-0.15, -0.1) is 0 Å². The number of hydrogen-bond donors (Lipinski definition) is 2. The first kappa shape index (κ1) is 13.5. The van der Waals surface area contributed by atoms with E-state index in [1.165, 1.54) is 0 Å². The number of halogens is 2. The second-order valence-corrected chi connectivity index (χ2v) is 14.2. The van der Waals surface area contributed by atoms with Gasteiger partial charge in [0.05, 0.1) is 0 Å². The Morgan fingerprint density at radius 3 is 1.62 bits per heavy atom. The predicted octanol–water partition coefficient (Wildman–Crippen LogP) is -0.238. The Kier molecular flexibility index (Phi) is 3.15. The molecular formula is CH4Cl2O7S3. The molecule has 0 aromatic carbocycles. The van der Waals surface area contributed by atoms with Gasteiger partial charge in [-0.1, -0.05) is 0 Å². The first-order valence-corrected chi connectivity index (χ1v) is 9.60. The Bertz CT molecular complexity index is 462. The summed E-state index contributed by atoms with van der Waals surface area (Å²) in [6.45, 7) is 0. The van der Waals surface area contributed by atoms with Crippen molar-refractivity contribution in [1.82, 2.24) is 0 Å². The minimum Gasteiger partial charge on any atom is -0.284 e. The highest BCUT2D eigenvalue weighted by Gasteiger charge is 2.43. The summed E-state index contributed by atoms with van der Waals surface area (Å²) in [5.41, 5.74) is 0. The summed E-state index contributed by atoms with van der Waals surface area (Å²) < 4.78 is 68.7. The van der Waals surface area contributed by atoms with Gasteiger partial charge in [-0.3, -0.25) is 9.11 Å². The summed E-state index contributed by atoms with van der Waals surface area (Å²) in [7, 11) is -7.37. The van der Waals surface area contributed by atoms with Gasteiger partial charge in [-0.05, 0) is 7.59 Å². The molecule has 0 unspecified atom stereocenters. The van der Waals surface area contributed by atoms with E-state index in [9.17, 15) is 21.0 Å². The van der Waals surface area contributed by atoms with Crippen molar-refractivity contribution in [3.63, 3.8) is 0 Å². The largest absolute Gasteiger partial charge is 0.342 e. The van der Waals surface area contributed by atoms with Crippen molar-refractivity contribution in [1.29, 1.82) is 0 Å². The van der Waals surface area contributed by atoms with Crippen molar-refractivity contribution < 1.29 is 30.1 Å². The lowest BCUT2D eigenvalue weighted by molar-refractivity contribution is 0.484. The topological polar surface area (TPSA) is 126 Å². The van der Waals surface area contributed by atoms with Crippen molar-refractivity contribution in [2.45, 2.75) is 0 Å². The van der Waals surface area contributed by atoms with E-state index in [2.05, 4.69) is 21.4 Å². The smallest absolute Gasteiger partial charge is 0.284 e. The van der Waals surface area contributed by atoms with Crippen molar-refractivity contribution in [3.8, 4) is 0 Å². The maximum Gasteiger partial charge on any atom is 0.342 e. The zero-order chi connectivity index (χ0) is 11.2. The summed E-state index contributed by atoms with van der Waals surface area (Å²) in [6, 6.07) is 0. The molecule has 0 heterocycles. The van der Waals surface area contributed by atoms with E-state index in [1.807, 2.05) is 0 Å². The highest BCUT2D eigenvalue weighted by Crippen LogP contribution is 2.38. The lowest BCUT2D eigenvalue weighted by atomic mass is 11.9. The van der Waals surface area contributed by atoms with Crippen LogP contribution >= 0.6 is 21.4 Å². The molecule has 0 rings (SSSR count). The van der Waals surface area contributed by atoms with E-state index in [-0.39, 0.29) is 0 Å². The molecule has 82 valence electrons. The van der Waals surface area contributed by atoms with Gasteiger partial charge in [0, 0.05) is 21.4 Å². The summed E-state index contributed by atoms with van der Waals surface area (Å²) in [6.07, 6.45) is 0. The van der Waals surface area contributed by atoms with E-state index in [0.717, 1.165) is 0 Å². The molecule has 0 aromatic heterocycles. The maximum absolute atomic E-state index is 10.9. The molecule has 7 nitrogen and oxygen atoms in total. The second-order valence-electron chi connectivity index (χ2n) is 1.98. The Morgan fingerprint density at radius 1 is 1.23 bits per heavy atom. The van der Waals surface area contributed by atoms with E-state index < -0.39 is 30.9 Å². The van der Waals surface area contributed by atoms with Crippen molar-refractivity contribution in [2.24, 2.45) is 0 Å². The van der Waals surface area contributed by atoms with Crippen LogP contribution in [-0.4, -0.2) is 35.2 Å². The van der Waals surface area contributed by atoms with Crippen molar-refractivity contribution >= 4 is 47.2 Å². The average Bonchev–Trinajstić information content (AvgIpc) is 1.48. The van der Waals surface area contributed by atoms with Gasteiger partial charge >= 0.3 is 8.08 Å². The van der Waals surface area contributed by atoms with Crippen LogP contribution in [-0.2, 0) is 25.8 Å². The van der Waals surface area contributed by atoms with E-state index in [1.54, 1.807) is 0 Å². The molecule has 0 spiro atoms. The van der Waals surface area contributed by atoms with Gasteiger partial charge in [0.1, 0.15) is 0 Å². The van der Waals surface area contributed by atoms with Crippen LogP contribution in [0, 0.1) is 0 Å². The summed E-state index contributed by atoms with van der Waals surface area (Å²) in [5, 5.41) is -2.07. The second kappa shape index (κ2) is 3.02. The molecule has 12 heteroatoms.